The average molecular weight is 273 g/mol. The number of carbonyl (C=O) groups excluding carboxylic acids is 1. The van der Waals surface area contributed by atoms with Crippen molar-refractivity contribution in [3.05, 3.63) is 52.1 Å². The summed E-state index contributed by atoms with van der Waals surface area (Å²) in [6.45, 7) is 0. The highest BCUT2D eigenvalue weighted by molar-refractivity contribution is 5.75. The smallest absolute Gasteiger partial charge is 0.309 e. The van der Waals surface area contributed by atoms with Crippen LogP contribution in [-0.2, 0) is 9.53 Å². The molecule has 1 fully saturated rings. The monoisotopic (exact) mass is 273 g/mol. The highest BCUT2D eigenvalue weighted by Gasteiger charge is 2.49. The van der Waals surface area contributed by atoms with E-state index in [9.17, 15) is 14.9 Å². The molecule has 4 atom stereocenters. The Balaban J connectivity index is 1.93. The van der Waals surface area contributed by atoms with Gasteiger partial charge in [0.05, 0.1) is 18.0 Å². The van der Waals surface area contributed by atoms with Gasteiger partial charge in [-0.2, -0.15) is 0 Å². The van der Waals surface area contributed by atoms with E-state index >= 15 is 0 Å². The molecule has 20 heavy (non-hydrogen) atoms. The van der Waals surface area contributed by atoms with E-state index in [2.05, 4.69) is 12.2 Å². The standard InChI is InChI=1S/C15H15NO4/c1-20-15(17)14-11-3-2-10(8-11)13(14)9-4-6-12(7-5-9)16(18)19/h2-7,10-11,13-14H,8H2,1H3. The van der Waals surface area contributed by atoms with Gasteiger partial charge in [0.1, 0.15) is 0 Å². The Bertz CT molecular complexity index is 578. The van der Waals surface area contributed by atoms with Gasteiger partial charge in [0.2, 0.25) is 0 Å². The minimum Gasteiger partial charge on any atom is -0.469 e. The topological polar surface area (TPSA) is 69.4 Å². The van der Waals surface area contributed by atoms with Crippen molar-refractivity contribution < 1.29 is 14.5 Å². The van der Waals surface area contributed by atoms with Crippen LogP contribution in [0.2, 0.25) is 0 Å². The van der Waals surface area contributed by atoms with Gasteiger partial charge in [-0.25, -0.2) is 0 Å². The van der Waals surface area contributed by atoms with Crippen LogP contribution in [0.25, 0.3) is 0 Å². The Hall–Kier alpha value is -2.17. The Kier molecular flexibility index (Phi) is 3.04. The average Bonchev–Trinajstić information content (AvgIpc) is 3.07. The third-order valence-corrected chi connectivity index (χ3v) is 4.42. The number of nitrogens with zero attached hydrogens (tertiary/aromatic N) is 1. The van der Waals surface area contributed by atoms with Crippen molar-refractivity contribution in [3.63, 3.8) is 0 Å². The van der Waals surface area contributed by atoms with Crippen molar-refractivity contribution in [3.8, 4) is 0 Å². The van der Waals surface area contributed by atoms with E-state index in [0.717, 1.165) is 12.0 Å². The molecule has 0 saturated heterocycles. The Labute approximate surface area is 116 Å². The van der Waals surface area contributed by atoms with Gasteiger partial charge in [-0.3, -0.25) is 14.9 Å². The molecule has 0 heterocycles. The molecule has 2 aliphatic rings. The molecule has 0 radical (unpaired) electrons. The second-order valence-electron chi connectivity index (χ2n) is 5.37. The van der Waals surface area contributed by atoms with E-state index in [1.807, 2.05) is 0 Å². The van der Waals surface area contributed by atoms with Crippen molar-refractivity contribution in [2.24, 2.45) is 17.8 Å². The summed E-state index contributed by atoms with van der Waals surface area (Å²) in [7, 11) is 1.41. The van der Waals surface area contributed by atoms with Crippen LogP contribution in [-0.4, -0.2) is 18.0 Å². The first-order chi connectivity index (χ1) is 9.61. The van der Waals surface area contributed by atoms with Crippen molar-refractivity contribution in [2.45, 2.75) is 12.3 Å². The van der Waals surface area contributed by atoms with Gasteiger partial charge in [0.25, 0.3) is 5.69 Å². The number of benzene rings is 1. The number of fused-ring (bicyclic) bond motifs is 2. The second kappa shape index (κ2) is 4.74. The molecule has 4 unspecified atom stereocenters. The first-order valence-corrected chi connectivity index (χ1v) is 6.62. The van der Waals surface area contributed by atoms with E-state index < -0.39 is 4.92 Å². The summed E-state index contributed by atoms with van der Waals surface area (Å²) < 4.78 is 4.92. The molecule has 1 aromatic rings. The lowest BCUT2D eigenvalue weighted by atomic mass is 9.78. The number of carbonyl (C=O) groups is 1. The Morgan fingerprint density at radius 3 is 2.50 bits per heavy atom. The van der Waals surface area contributed by atoms with Crippen LogP contribution in [0.3, 0.4) is 0 Å². The number of non-ortho nitro benzene ring substituents is 1. The molecule has 5 heteroatoms. The molecule has 5 nitrogen and oxygen atoms in total. The van der Waals surface area contributed by atoms with Crippen LogP contribution < -0.4 is 0 Å². The summed E-state index contributed by atoms with van der Waals surface area (Å²) in [5.74, 6) is 0.262. The fourth-order valence-corrected chi connectivity index (χ4v) is 3.55. The van der Waals surface area contributed by atoms with Crippen molar-refractivity contribution >= 4 is 11.7 Å². The highest BCUT2D eigenvalue weighted by Crippen LogP contribution is 2.53. The maximum absolute atomic E-state index is 12.0. The van der Waals surface area contributed by atoms with Gasteiger partial charge in [-0.05, 0) is 23.8 Å². The lowest BCUT2D eigenvalue weighted by molar-refractivity contribution is -0.384. The lowest BCUT2D eigenvalue weighted by Crippen LogP contribution is -2.27. The van der Waals surface area contributed by atoms with Crippen LogP contribution in [0.1, 0.15) is 17.9 Å². The molecule has 0 N–H and O–H groups in total. The summed E-state index contributed by atoms with van der Waals surface area (Å²) in [5.41, 5.74) is 1.05. The number of ether oxygens (including phenoxy) is 1. The molecule has 104 valence electrons. The molecule has 0 aliphatic heterocycles. The summed E-state index contributed by atoms with van der Waals surface area (Å²) in [5, 5.41) is 10.7. The SMILES string of the molecule is COC(=O)C1C2C=CC(C2)C1c1ccc([N+](=O)[O-])cc1. The molecule has 0 spiro atoms. The number of rotatable bonds is 3. The normalized spacial score (nSPS) is 30.4. The summed E-state index contributed by atoms with van der Waals surface area (Å²) in [6, 6.07) is 6.51. The maximum Gasteiger partial charge on any atom is 0.309 e. The van der Waals surface area contributed by atoms with E-state index in [1.54, 1.807) is 12.1 Å². The fraction of sp³-hybridized carbons (Fsp3) is 0.400. The van der Waals surface area contributed by atoms with E-state index in [1.165, 1.54) is 19.2 Å². The van der Waals surface area contributed by atoms with Crippen LogP contribution in [0, 0.1) is 27.9 Å². The zero-order valence-corrected chi connectivity index (χ0v) is 11.1. The number of methoxy groups -OCH3 is 1. The van der Waals surface area contributed by atoms with Crippen molar-refractivity contribution in [1.82, 2.24) is 0 Å². The first-order valence-electron chi connectivity index (χ1n) is 6.62. The predicted octanol–water partition coefficient (Wildman–Crippen LogP) is 2.67. The molecule has 1 aromatic carbocycles. The number of allylic oxidation sites excluding steroid dienone is 2. The summed E-state index contributed by atoms with van der Waals surface area (Å²) in [4.78, 5) is 22.3. The van der Waals surface area contributed by atoms with Crippen molar-refractivity contribution in [1.29, 1.82) is 0 Å². The van der Waals surface area contributed by atoms with Crippen LogP contribution in [0.5, 0.6) is 0 Å². The number of esters is 1. The van der Waals surface area contributed by atoms with E-state index in [0.29, 0.717) is 5.92 Å². The Morgan fingerprint density at radius 1 is 1.25 bits per heavy atom. The second-order valence-corrected chi connectivity index (χ2v) is 5.37. The zero-order chi connectivity index (χ0) is 14.3. The molecule has 0 amide bonds. The van der Waals surface area contributed by atoms with Crippen LogP contribution in [0.4, 0.5) is 5.69 Å². The maximum atomic E-state index is 12.0. The van der Waals surface area contributed by atoms with E-state index in [4.69, 9.17) is 4.74 Å². The number of nitro benzene ring substituents is 1. The first kappa shape index (κ1) is 12.8. The summed E-state index contributed by atoms with van der Waals surface area (Å²) in [6.07, 6.45) is 5.20. The van der Waals surface area contributed by atoms with Gasteiger partial charge >= 0.3 is 5.97 Å². The molecule has 3 rings (SSSR count). The minimum atomic E-state index is -0.414. The Morgan fingerprint density at radius 2 is 1.90 bits per heavy atom. The third kappa shape index (κ3) is 1.90. The third-order valence-electron chi connectivity index (χ3n) is 4.42. The van der Waals surface area contributed by atoms with Crippen LogP contribution in [0.15, 0.2) is 36.4 Å². The largest absolute Gasteiger partial charge is 0.469 e. The fourth-order valence-electron chi connectivity index (χ4n) is 3.55. The van der Waals surface area contributed by atoms with Gasteiger partial charge in [-0.1, -0.05) is 24.3 Å². The van der Waals surface area contributed by atoms with Gasteiger partial charge < -0.3 is 4.74 Å². The molecule has 0 aromatic heterocycles. The number of nitro groups is 1. The molecule has 2 bridgehead atoms. The van der Waals surface area contributed by atoms with Gasteiger partial charge in [0.15, 0.2) is 0 Å². The quantitative estimate of drug-likeness (QED) is 0.367. The van der Waals surface area contributed by atoms with Crippen LogP contribution >= 0.6 is 0 Å². The lowest BCUT2D eigenvalue weighted by Gasteiger charge is -2.26. The molecular weight excluding hydrogens is 258 g/mol. The van der Waals surface area contributed by atoms with Gasteiger partial charge in [-0.15, -0.1) is 0 Å². The number of hydrogen-bond acceptors (Lipinski definition) is 4. The predicted molar refractivity (Wildman–Crippen MR) is 72.1 cm³/mol. The van der Waals surface area contributed by atoms with E-state index in [-0.39, 0.29) is 29.4 Å². The minimum absolute atomic E-state index is 0.0678. The molecule has 1 saturated carbocycles. The summed E-state index contributed by atoms with van der Waals surface area (Å²) >= 11 is 0. The number of hydrogen-bond donors (Lipinski definition) is 0. The van der Waals surface area contributed by atoms with Crippen molar-refractivity contribution in [2.75, 3.05) is 7.11 Å². The molecular formula is C15H15NO4. The van der Waals surface area contributed by atoms with Gasteiger partial charge in [0, 0.05) is 18.1 Å². The molecule has 2 aliphatic carbocycles. The zero-order valence-electron chi connectivity index (χ0n) is 11.1. The highest BCUT2D eigenvalue weighted by atomic mass is 16.6.